The van der Waals surface area contributed by atoms with Gasteiger partial charge in [0, 0.05) is 22.5 Å². The van der Waals surface area contributed by atoms with Gasteiger partial charge in [-0.15, -0.1) is 11.6 Å². The second kappa shape index (κ2) is 4.48. The SMILES string of the molecule is Cc1[nH]c2ccccc2c1C(CCl)N(C)C. The van der Waals surface area contributed by atoms with Gasteiger partial charge < -0.3 is 9.88 Å². The first-order chi connectivity index (χ1) is 7.65. The molecular formula is C13H17ClN2. The van der Waals surface area contributed by atoms with Gasteiger partial charge in [0.1, 0.15) is 0 Å². The summed E-state index contributed by atoms with van der Waals surface area (Å²) in [5.74, 6) is 0.607. The van der Waals surface area contributed by atoms with Gasteiger partial charge in [-0.1, -0.05) is 18.2 Å². The van der Waals surface area contributed by atoms with Gasteiger partial charge in [-0.3, -0.25) is 0 Å². The number of aromatic amines is 1. The van der Waals surface area contributed by atoms with Crippen molar-refractivity contribution in [2.45, 2.75) is 13.0 Å². The lowest BCUT2D eigenvalue weighted by atomic mass is 10.0. The lowest BCUT2D eigenvalue weighted by Gasteiger charge is -2.22. The predicted molar refractivity (Wildman–Crippen MR) is 70.2 cm³/mol. The van der Waals surface area contributed by atoms with Crippen LogP contribution in [0.5, 0.6) is 0 Å². The van der Waals surface area contributed by atoms with Crippen LogP contribution >= 0.6 is 11.6 Å². The Morgan fingerprint density at radius 3 is 2.62 bits per heavy atom. The molecule has 0 saturated heterocycles. The van der Waals surface area contributed by atoms with Crippen LogP contribution < -0.4 is 0 Å². The third kappa shape index (κ3) is 1.83. The van der Waals surface area contributed by atoms with E-state index in [1.54, 1.807) is 0 Å². The molecule has 3 heteroatoms. The van der Waals surface area contributed by atoms with Crippen LogP contribution in [-0.2, 0) is 0 Å². The Labute approximate surface area is 101 Å². The number of fused-ring (bicyclic) bond motifs is 1. The van der Waals surface area contributed by atoms with E-state index in [0.29, 0.717) is 5.88 Å². The predicted octanol–water partition coefficient (Wildman–Crippen LogP) is 3.32. The standard InChI is InChI=1S/C13H17ClN2/c1-9-13(12(8-14)16(2)3)10-6-4-5-7-11(10)15-9/h4-7,12,15H,8H2,1-3H3. The quantitative estimate of drug-likeness (QED) is 0.811. The van der Waals surface area contributed by atoms with E-state index >= 15 is 0 Å². The zero-order chi connectivity index (χ0) is 11.7. The van der Waals surface area contributed by atoms with Crippen LogP contribution in [0.2, 0.25) is 0 Å². The minimum atomic E-state index is 0.262. The highest BCUT2D eigenvalue weighted by Crippen LogP contribution is 2.30. The number of alkyl halides is 1. The molecule has 0 bridgehead atoms. The molecule has 0 amide bonds. The second-order valence-electron chi connectivity index (χ2n) is 4.34. The van der Waals surface area contributed by atoms with E-state index < -0.39 is 0 Å². The monoisotopic (exact) mass is 236 g/mol. The highest BCUT2D eigenvalue weighted by atomic mass is 35.5. The molecule has 0 spiro atoms. The molecule has 1 N–H and O–H groups in total. The Morgan fingerprint density at radius 2 is 2.00 bits per heavy atom. The molecule has 16 heavy (non-hydrogen) atoms. The van der Waals surface area contributed by atoms with Crippen LogP contribution in [0.1, 0.15) is 17.3 Å². The molecule has 0 radical (unpaired) electrons. The van der Waals surface area contributed by atoms with Crippen molar-refractivity contribution in [3.8, 4) is 0 Å². The van der Waals surface area contributed by atoms with Gasteiger partial charge in [-0.05, 0) is 32.6 Å². The lowest BCUT2D eigenvalue weighted by Crippen LogP contribution is -2.21. The molecule has 0 aliphatic carbocycles. The Bertz CT molecular complexity index is 488. The van der Waals surface area contributed by atoms with E-state index in [2.05, 4.69) is 49.1 Å². The fraction of sp³-hybridized carbons (Fsp3) is 0.385. The molecule has 0 fully saturated rings. The first-order valence-electron chi connectivity index (χ1n) is 5.44. The van der Waals surface area contributed by atoms with E-state index in [0.717, 1.165) is 0 Å². The van der Waals surface area contributed by atoms with Gasteiger partial charge in [-0.25, -0.2) is 0 Å². The molecule has 86 valence electrons. The van der Waals surface area contributed by atoms with Crippen molar-refractivity contribution in [2.24, 2.45) is 0 Å². The summed E-state index contributed by atoms with van der Waals surface area (Å²) < 4.78 is 0. The number of H-pyrrole nitrogens is 1. The topological polar surface area (TPSA) is 19.0 Å². The maximum atomic E-state index is 6.07. The van der Waals surface area contributed by atoms with Crippen LogP contribution in [0.15, 0.2) is 24.3 Å². The number of halogens is 1. The maximum Gasteiger partial charge on any atom is 0.0501 e. The first kappa shape index (κ1) is 11.5. The van der Waals surface area contributed by atoms with Crippen molar-refractivity contribution in [1.82, 2.24) is 9.88 Å². The highest BCUT2D eigenvalue weighted by molar-refractivity contribution is 6.18. The van der Waals surface area contributed by atoms with Crippen molar-refractivity contribution in [1.29, 1.82) is 0 Å². The summed E-state index contributed by atoms with van der Waals surface area (Å²) in [5, 5.41) is 1.28. The minimum absolute atomic E-state index is 0.262. The largest absolute Gasteiger partial charge is 0.358 e. The normalized spacial score (nSPS) is 13.6. The number of benzene rings is 1. The summed E-state index contributed by atoms with van der Waals surface area (Å²) >= 11 is 6.07. The Hall–Kier alpha value is -0.990. The van der Waals surface area contributed by atoms with Crippen LogP contribution in [-0.4, -0.2) is 29.9 Å². The third-order valence-corrected chi connectivity index (χ3v) is 3.34. The average Bonchev–Trinajstić information content (AvgIpc) is 2.57. The van der Waals surface area contributed by atoms with Crippen LogP contribution in [0.25, 0.3) is 10.9 Å². The van der Waals surface area contributed by atoms with E-state index in [-0.39, 0.29) is 6.04 Å². The second-order valence-corrected chi connectivity index (χ2v) is 4.65. The Kier molecular flexibility index (Phi) is 3.22. The number of aromatic nitrogens is 1. The summed E-state index contributed by atoms with van der Waals surface area (Å²) in [6, 6.07) is 8.63. The number of nitrogens with zero attached hydrogens (tertiary/aromatic N) is 1. The Balaban J connectivity index is 2.62. The zero-order valence-corrected chi connectivity index (χ0v) is 10.7. The zero-order valence-electron chi connectivity index (χ0n) is 9.92. The molecule has 2 aromatic rings. The van der Waals surface area contributed by atoms with E-state index in [9.17, 15) is 0 Å². The van der Waals surface area contributed by atoms with Crippen LogP contribution in [0, 0.1) is 6.92 Å². The summed E-state index contributed by atoms with van der Waals surface area (Å²) in [7, 11) is 4.13. The number of aryl methyl sites for hydroxylation is 1. The van der Waals surface area contributed by atoms with Crippen molar-refractivity contribution >= 4 is 22.5 Å². The average molecular weight is 237 g/mol. The molecule has 2 rings (SSSR count). The van der Waals surface area contributed by atoms with E-state index in [1.165, 1.54) is 22.2 Å². The summed E-state index contributed by atoms with van der Waals surface area (Å²) in [6.45, 7) is 2.11. The molecule has 0 saturated carbocycles. The van der Waals surface area contributed by atoms with E-state index in [1.807, 2.05) is 6.07 Å². The molecular weight excluding hydrogens is 220 g/mol. The van der Waals surface area contributed by atoms with Gasteiger partial charge >= 0.3 is 0 Å². The third-order valence-electron chi connectivity index (χ3n) is 3.05. The molecule has 0 aliphatic heterocycles. The van der Waals surface area contributed by atoms with Crippen LogP contribution in [0.4, 0.5) is 0 Å². The number of para-hydroxylation sites is 1. The van der Waals surface area contributed by atoms with Gasteiger partial charge in [-0.2, -0.15) is 0 Å². The smallest absolute Gasteiger partial charge is 0.0501 e. The number of hydrogen-bond acceptors (Lipinski definition) is 1. The number of nitrogens with one attached hydrogen (secondary N) is 1. The molecule has 1 unspecified atom stereocenters. The van der Waals surface area contributed by atoms with Crippen LogP contribution in [0.3, 0.4) is 0 Å². The van der Waals surface area contributed by atoms with Crippen molar-refractivity contribution in [3.05, 3.63) is 35.5 Å². The molecule has 1 aromatic carbocycles. The van der Waals surface area contributed by atoms with Crippen molar-refractivity contribution in [3.63, 3.8) is 0 Å². The fourth-order valence-corrected chi connectivity index (χ4v) is 2.63. The number of hydrogen-bond donors (Lipinski definition) is 1. The van der Waals surface area contributed by atoms with Gasteiger partial charge in [0.2, 0.25) is 0 Å². The van der Waals surface area contributed by atoms with Gasteiger partial charge in [0.15, 0.2) is 0 Å². The summed E-state index contributed by atoms with van der Waals surface area (Å²) in [5.41, 5.74) is 3.71. The molecule has 1 atom stereocenters. The molecule has 1 aromatic heterocycles. The molecule has 0 aliphatic rings. The van der Waals surface area contributed by atoms with Crippen molar-refractivity contribution < 1.29 is 0 Å². The minimum Gasteiger partial charge on any atom is -0.358 e. The molecule has 2 nitrogen and oxygen atoms in total. The van der Waals surface area contributed by atoms with Gasteiger partial charge in [0.25, 0.3) is 0 Å². The lowest BCUT2D eigenvalue weighted by molar-refractivity contribution is 0.325. The summed E-state index contributed by atoms with van der Waals surface area (Å²) in [6.07, 6.45) is 0. The highest BCUT2D eigenvalue weighted by Gasteiger charge is 2.19. The van der Waals surface area contributed by atoms with E-state index in [4.69, 9.17) is 11.6 Å². The first-order valence-corrected chi connectivity index (χ1v) is 5.98. The number of rotatable bonds is 3. The Morgan fingerprint density at radius 1 is 1.31 bits per heavy atom. The summed E-state index contributed by atoms with van der Waals surface area (Å²) in [4.78, 5) is 5.57. The molecule has 1 heterocycles. The maximum absolute atomic E-state index is 6.07. The van der Waals surface area contributed by atoms with Crippen molar-refractivity contribution in [2.75, 3.05) is 20.0 Å². The van der Waals surface area contributed by atoms with Gasteiger partial charge in [0.05, 0.1) is 6.04 Å². The fourth-order valence-electron chi connectivity index (χ4n) is 2.20.